The lowest BCUT2D eigenvalue weighted by atomic mass is 10.4. The Balaban J connectivity index is 2.95. The van der Waals surface area contributed by atoms with Gasteiger partial charge in [0.05, 0.1) is 15.6 Å². The van der Waals surface area contributed by atoms with E-state index in [4.69, 9.17) is 5.73 Å². The van der Waals surface area contributed by atoms with Crippen molar-refractivity contribution in [2.45, 2.75) is 13.5 Å². The lowest BCUT2D eigenvalue weighted by Gasteiger charge is -2.03. The Kier molecular flexibility index (Phi) is 4.27. The molecule has 2 N–H and O–H groups in total. The van der Waals surface area contributed by atoms with E-state index >= 15 is 0 Å². The molecule has 1 heterocycles. The summed E-state index contributed by atoms with van der Waals surface area (Å²) in [5.41, 5.74) is 6.07. The Hall–Kier alpha value is -0.690. The summed E-state index contributed by atoms with van der Waals surface area (Å²) >= 11 is 2.01. The number of rotatable bonds is 3. The minimum absolute atomic E-state index is 0.000212. The fraction of sp³-hybridized carbons (Fsp3) is 0.333. The molecule has 0 aromatic carbocycles. The van der Waals surface area contributed by atoms with Gasteiger partial charge in [-0.15, -0.1) is 0 Å². The average Bonchev–Trinajstić information content (AvgIpc) is 2.18. The third kappa shape index (κ3) is 2.65. The first kappa shape index (κ1) is 11.4. The fourth-order valence-corrected chi connectivity index (χ4v) is 1.41. The molecular formula is C9H12IN3O. The summed E-state index contributed by atoms with van der Waals surface area (Å²) in [6, 6.07) is 0. The van der Waals surface area contributed by atoms with E-state index in [1.807, 2.05) is 41.7 Å². The molecule has 5 heteroatoms. The second-order valence-electron chi connectivity index (χ2n) is 2.81. The molecular weight excluding hydrogens is 293 g/mol. The van der Waals surface area contributed by atoms with Crippen LogP contribution in [0.3, 0.4) is 0 Å². The summed E-state index contributed by atoms with van der Waals surface area (Å²) in [4.78, 5) is 15.7. The number of nitrogens with zero attached hydrogens (tertiary/aromatic N) is 2. The first-order valence-electron chi connectivity index (χ1n) is 4.23. The van der Waals surface area contributed by atoms with Crippen molar-refractivity contribution in [1.82, 2.24) is 9.55 Å². The smallest absolute Gasteiger partial charge is 0.267 e. The number of allylic oxidation sites excluding steroid dienone is 1. The molecule has 1 aromatic heterocycles. The molecule has 4 nitrogen and oxygen atoms in total. The van der Waals surface area contributed by atoms with Gasteiger partial charge in [0, 0.05) is 13.1 Å². The second-order valence-corrected chi connectivity index (χ2v) is 3.89. The van der Waals surface area contributed by atoms with E-state index < -0.39 is 0 Å². The highest BCUT2D eigenvalue weighted by atomic mass is 127. The monoisotopic (exact) mass is 305 g/mol. The summed E-state index contributed by atoms with van der Waals surface area (Å²) < 4.78 is 2.23. The second kappa shape index (κ2) is 5.26. The Labute approximate surface area is 96.0 Å². The van der Waals surface area contributed by atoms with E-state index in [1.165, 1.54) is 0 Å². The van der Waals surface area contributed by atoms with E-state index in [1.54, 1.807) is 10.9 Å². The zero-order chi connectivity index (χ0) is 10.6. The molecule has 14 heavy (non-hydrogen) atoms. The predicted molar refractivity (Wildman–Crippen MR) is 64.1 cm³/mol. The van der Waals surface area contributed by atoms with Crippen LogP contribution in [0.2, 0.25) is 0 Å². The molecule has 0 spiro atoms. The molecule has 0 aliphatic heterocycles. The molecule has 0 aliphatic rings. The molecule has 0 radical (unpaired) electrons. The SMILES string of the molecule is Cc1ncn(CC=CCN)c(=O)c1I. The maximum Gasteiger partial charge on any atom is 0.267 e. The van der Waals surface area contributed by atoms with Gasteiger partial charge in [-0.25, -0.2) is 4.98 Å². The molecule has 0 unspecified atom stereocenters. The number of hydrogen-bond donors (Lipinski definition) is 1. The van der Waals surface area contributed by atoms with Crippen LogP contribution in [0.25, 0.3) is 0 Å². The highest BCUT2D eigenvalue weighted by molar-refractivity contribution is 14.1. The van der Waals surface area contributed by atoms with Crippen molar-refractivity contribution in [2.24, 2.45) is 5.73 Å². The lowest BCUT2D eigenvalue weighted by Crippen LogP contribution is -2.23. The van der Waals surface area contributed by atoms with Crippen LogP contribution >= 0.6 is 22.6 Å². The first-order valence-corrected chi connectivity index (χ1v) is 5.31. The van der Waals surface area contributed by atoms with Crippen molar-refractivity contribution in [3.8, 4) is 0 Å². The van der Waals surface area contributed by atoms with Crippen molar-refractivity contribution >= 4 is 22.6 Å². The van der Waals surface area contributed by atoms with Gasteiger partial charge in [-0.05, 0) is 29.5 Å². The van der Waals surface area contributed by atoms with Crippen LogP contribution in [0.1, 0.15) is 5.69 Å². The van der Waals surface area contributed by atoms with Gasteiger partial charge in [-0.3, -0.25) is 9.36 Å². The van der Waals surface area contributed by atoms with Gasteiger partial charge in [0.2, 0.25) is 0 Å². The van der Waals surface area contributed by atoms with Crippen molar-refractivity contribution in [2.75, 3.05) is 6.54 Å². The van der Waals surface area contributed by atoms with E-state index in [-0.39, 0.29) is 5.56 Å². The topological polar surface area (TPSA) is 60.9 Å². The largest absolute Gasteiger partial charge is 0.327 e. The quantitative estimate of drug-likeness (QED) is 0.659. The maximum absolute atomic E-state index is 11.6. The van der Waals surface area contributed by atoms with Gasteiger partial charge < -0.3 is 5.73 Å². The Morgan fingerprint density at radius 1 is 1.64 bits per heavy atom. The zero-order valence-corrected chi connectivity index (χ0v) is 10.1. The minimum atomic E-state index is -0.000212. The zero-order valence-electron chi connectivity index (χ0n) is 7.90. The van der Waals surface area contributed by atoms with Crippen LogP contribution in [0.5, 0.6) is 0 Å². The highest BCUT2D eigenvalue weighted by Crippen LogP contribution is 2.00. The highest BCUT2D eigenvalue weighted by Gasteiger charge is 2.03. The molecule has 1 rings (SSSR count). The van der Waals surface area contributed by atoms with Crippen molar-refractivity contribution in [1.29, 1.82) is 0 Å². The van der Waals surface area contributed by atoms with Gasteiger partial charge in [0.15, 0.2) is 0 Å². The van der Waals surface area contributed by atoms with E-state index in [0.29, 0.717) is 16.7 Å². The fourth-order valence-electron chi connectivity index (χ4n) is 0.961. The lowest BCUT2D eigenvalue weighted by molar-refractivity contribution is 0.738. The first-order chi connectivity index (χ1) is 6.66. The number of aryl methyl sites for hydroxylation is 1. The average molecular weight is 305 g/mol. The Bertz CT molecular complexity index is 398. The van der Waals surface area contributed by atoms with Gasteiger partial charge in [-0.2, -0.15) is 0 Å². The van der Waals surface area contributed by atoms with Crippen LogP contribution in [0.4, 0.5) is 0 Å². The van der Waals surface area contributed by atoms with Gasteiger partial charge >= 0.3 is 0 Å². The van der Waals surface area contributed by atoms with Gasteiger partial charge in [-0.1, -0.05) is 12.2 Å². The molecule has 0 fully saturated rings. The van der Waals surface area contributed by atoms with Crippen LogP contribution in [-0.4, -0.2) is 16.1 Å². The predicted octanol–water partition coefficient (Wildman–Crippen LogP) is 0.671. The van der Waals surface area contributed by atoms with Crippen LogP contribution in [-0.2, 0) is 6.54 Å². The van der Waals surface area contributed by atoms with E-state index in [9.17, 15) is 4.79 Å². The molecule has 0 saturated heterocycles. The number of hydrogen-bond acceptors (Lipinski definition) is 3. The number of nitrogens with two attached hydrogens (primary N) is 1. The van der Waals surface area contributed by atoms with E-state index in [0.717, 1.165) is 5.69 Å². The molecule has 0 aliphatic carbocycles. The summed E-state index contributed by atoms with van der Waals surface area (Å²) in [5.74, 6) is 0. The number of aromatic nitrogens is 2. The number of halogens is 1. The Morgan fingerprint density at radius 3 is 3.00 bits per heavy atom. The van der Waals surface area contributed by atoms with Gasteiger partial charge in [0.1, 0.15) is 0 Å². The molecule has 0 bridgehead atoms. The minimum Gasteiger partial charge on any atom is -0.327 e. The summed E-state index contributed by atoms with van der Waals surface area (Å²) in [5, 5.41) is 0. The van der Waals surface area contributed by atoms with Crippen molar-refractivity contribution in [3.63, 3.8) is 0 Å². The Morgan fingerprint density at radius 2 is 2.36 bits per heavy atom. The third-order valence-electron chi connectivity index (χ3n) is 1.76. The maximum atomic E-state index is 11.6. The van der Waals surface area contributed by atoms with Crippen LogP contribution in [0.15, 0.2) is 23.3 Å². The van der Waals surface area contributed by atoms with Gasteiger partial charge in [0.25, 0.3) is 5.56 Å². The summed E-state index contributed by atoms with van der Waals surface area (Å²) in [6.07, 6.45) is 5.23. The normalized spacial score (nSPS) is 11.1. The summed E-state index contributed by atoms with van der Waals surface area (Å²) in [7, 11) is 0. The molecule has 0 atom stereocenters. The van der Waals surface area contributed by atoms with Crippen LogP contribution < -0.4 is 11.3 Å². The van der Waals surface area contributed by atoms with E-state index in [2.05, 4.69) is 4.98 Å². The molecule has 0 saturated carbocycles. The molecule has 1 aromatic rings. The van der Waals surface area contributed by atoms with Crippen LogP contribution in [0, 0.1) is 10.5 Å². The third-order valence-corrected chi connectivity index (χ3v) is 3.00. The summed E-state index contributed by atoms with van der Waals surface area (Å²) in [6.45, 7) is 2.84. The molecule has 76 valence electrons. The van der Waals surface area contributed by atoms with Crippen molar-refractivity contribution in [3.05, 3.63) is 38.1 Å². The van der Waals surface area contributed by atoms with Crippen molar-refractivity contribution < 1.29 is 0 Å². The standard InChI is InChI=1S/C9H12IN3O/c1-7-8(10)9(14)13(6-12-7)5-3-2-4-11/h2-3,6H,4-5,11H2,1H3. The molecule has 0 amide bonds.